The Bertz CT molecular complexity index is 391. The lowest BCUT2D eigenvalue weighted by atomic mass is 10.2. The van der Waals surface area contributed by atoms with Gasteiger partial charge in [0.25, 0.3) is 0 Å². The predicted octanol–water partition coefficient (Wildman–Crippen LogP) is 0.618. The summed E-state index contributed by atoms with van der Waals surface area (Å²) in [6.45, 7) is 0.456. The zero-order valence-electron chi connectivity index (χ0n) is 9.54. The van der Waals surface area contributed by atoms with E-state index in [0.717, 1.165) is 18.6 Å². The van der Waals surface area contributed by atoms with Crippen LogP contribution in [0, 0.1) is 5.92 Å². The molecule has 0 spiro atoms. The maximum absolute atomic E-state index is 12.2. The lowest BCUT2D eigenvalue weighted by Crippen LogP contribution is -2.48. The Labute approximate surface area is 106 Å². The first-order chi connectivity index (χ1) is 7.99. The Morgan fingerprint density at radius 1 is 1.41 bits per heavy atom. The number of thioether (sulfide) groups is 1. The fourth-order valence-electron chi connectivity index (χ4n) is 2.05. The van der Waals surface area contributed by atoms with E-state index in [1.54, 1.807) is 11.8 Å². The third kappa shape index (κ3) is 3.59. The van der Waals surface area contributed by atoms with Crippen molar-refractivity contribution >= 4 is 27.8 Å². The van der Waals surface area contributed by atoms with Crippen LogP contribution in [-0.2, 0) is 14.8 Å². The molecule has 1 atom stereocenters. The lowest BCUT2D eigenvalue weighted by Gasteiger charge is -2.33. The standard InChI is InChI=1S/C10H17NO4S2/c12-10(13)5-9-6-16-4-3-11(9)17(14,15)7-8-1-2-8/h8-9H,1-7H2,(H,12,13). The van der Waals surface area contributed by atoms with E-state index in [-0.39, 0.29) is 18.2 Å². The maximum Gasteiger partial charge on any atom is 0.305 e. The number of carbonyl (C=O) groups is 1. The van der Waals surface area contributed by atoms with Crippen molar-refractivity contribution in [2.45, 2.75) is 25.3 Å². The van der Waals surface area contributed by atoms with Crippen LogP contribution in [0.1, 0.15) is 19.3 Å². The number of aliphatic carboxylic acids is 1. The Morgan fingerprint density at radius 3 is 2.71 bits per heavy atom. The number of nitrogens with zero attached hydrogens (tertiary/aromatic N) is 1. The molecule has 2 fully saturated rings. The topological polar surface area (TPSA) is 74.7 Å². The largest absolute Gasteiger partial charge is 0.481 e. The van der Waals surface area contributed by atoms with E-state index in [1.165, 1.54) is 4.31 Å². The van der Waals surface area contributed by atoms with Crippen LogP contribution in [0.3, 0.4) is 0 Å². The average Bonchev–Trinajstić information content (AvgIpc) is 3.00. The smallest absolute Gasteiger partial charge is 0.305 e. The molecule has 2 rings (SSSR count). The molecule has 5 nitrogen and oxygen atoms in total. The number of carboxylic acid groups (broad SMARTS) is 1. The number of rotatable bonds is 5. The molecule has 0 radical (unpaired) electrons. The first kappa shape index (κ1) is 13.2. The van der Waals surface area contributed by atoms with Gasteiger partial charge in [-0.2, -0.15) is 16.1 Å². The summed E-state index contributed by atoms with van der Waals surface area (Å²) in [4.78, 5) is 10.7. The van der Waals surface area contributed by atoms with Crippen LogP contribution in [0.2, 0.25) is 0 Å². The third-order valence-corrected chi connectivity index (χ3v) is 6.26. The molecule has 1 aliphatic carbocycles. The molecule has 0 aromatic carbocycles. The summed E-state index contributed by atoms with van der Waals surface area (Å²) < 4.78 is 25.7. The minimum absolute atomic E-state index is 0.0864. The van der Waals surface area contributed by atoms with Gasteiger partial charge >= 0.3 is 5.97 Å². The molecule has 1 heterocycles. The molecule has 98 valence electrons. The molecule has 0 aromatic heterocycles. The van der Waals surface area contributed by atoms with Crippen molar-refractivity contribution in [3.05, 3.63) is 0 Å². The van der Waals surface area contributed by atoms with Gasteiger partial charge in [0.2, 0.25) is 10.0 Å². The molecule has 1 unspecified atom stereocenters. The average molecular weight is 279 g/mol. The van der Waals surface area contributed by atoms with Crippen molar-refractivity contribution in [2.75, 3.05) is 23.8 Å². The fourth-order valence-corrected chi connectivity index (χ4v) is 5.41. The van der Waals surface area contributed by atoms with E-state index in [4.69, 9.17) is 5.11 Å². The summed E-state index contributed by atoms with van der Waals surface area (Å²) in [6.07, 6.45) is 1.90. The minimum Gasteiger partial charge on any atom is -0.481 e. The van der Waals surface area contributed by atoms with E-state index in [9.17, 15) is 13.2 Å². The van der Waals surface area contributed by atoms with Gasteiger partial charge in [-0.05, 0) is 18.8 Å². The number of sulfonamides is 1. The van der Waals surface area contributed by atoms with E-state index in [1.807, 2.05) is 0 Å². The summed E-state index contributed by atoms with van der Waals surface area (Å²) in [5, 5.41) is 8.81. The highest BCUT2D eigenvalue weighted by molar-refractivity contribution is 7.99. The van der Waals surface area contributed by atoms with Gasteiger partial charge in [-0.25, -0.2) is 8.42 Å². The highest BCUT2D eigenvalue weighted by Gasteiger charge is 2.37. The van der Waals surface area contributed by atoms with Crippen LogP contribution in [0.25, 0.3) is 0 Å². The Morgan fingerprint density at radius 2 is 2.12 bits per heavy atom. The van der Waals surface area contributed by atoms with Crippen molar-refractivity contribution in [1.82, 2.24) is 4.31 Å². The van der Waals surface area contributed by atoms with Gasteiger partial charge in [-0.15, -0.1) is 0 Å². The predicted molar refractivity (Wildman–Crippen MR) is 66.6 cm³/mol. The monoisotopic (exact) mass is 279 g/mol. The normalized spacial score (nSPS) is 26.9. The van der Waals surface area contributed by atoms with Gasteiger partial charge in [-0.3, -0.25) is 4.79 Å². The second-order valence-corrected chi connectivity index (χ2v) is 7.78. The molecule has 1 aliphatic heterocycles. The molecular weight excluding hydrogens is 262 g/mol. The van der Waals surface area contributed by atoms with Crippen molar-refractivity contribution in [3.8, 4) is 0 Å². The molecule has 0 bridgehead atoms. The van der Waals surface area contributed by atoms with Crippen LogP contribution in [0.4, 0.5) is 0 Å². The Kier molecular flexibility index (Phi) is 3.99. The SMILES string of the molecule is O=C(O)CC1CSCCN1S(=O)(=O)CC1CC1. The van der Waals surface area contributed by atoms with E-state index >= 15 is 0 Å². The van der Waals surface area contributed by atoms with Crippen molar-refractivity contribution < 1.29 is 18.3 Å². The van der Waals surface area contributed by atoms with Crippen LogP contribution < -0.4 is 0 Å². The Hall–Kier alpha value is -0.270. The van der Waals surface area contributed by atoms with Crippen molar-refractivity contribution in [2.24, 2.45) is 5.92 Å². The van der Waals surface area contributed by atoms with Crippen LogP contribution in [0.15, 0.2) is 0 Å². The summed E-state index contributed by atoms with van der Waals surface area (Å²) in [5.41, 5.74) is 0. The van der Waals surface area contributed by atoms with Crippen molar-refractivity contribution in [1.29, 1.82) is 0 Å². The van der Waals surface area contributed by atoms with E-state index in [0.29, 0.717) is 18.2 Å². The molecule has 0 amide bonds. The molecule has 1 saturated carbocycles. The van der Waals surface area contributed by atoms with Gasteiger partial charge < -0.3 is 5.11 Å². The first-order valence-electron chi connectivity index (χ1n) is 5.78. The number of carboxylic acids is 1. The summed E-state index contributed by atoms with van der Waals surface area (Å²) in [7, 11) is -3.26. The highest BCUT2D eigenvalue weighted by atomic mass is 32.2. The van der Waals surface area contributed by atoms with Gasteiger partial charge in [0.1, 0.15) is 0 Å². The molecule has 1 N–H and O–H groups in total. The first-order valence-corrected chi connectivity index (χ1v) is 8.54. The quantitative estimate of drug-likeness (QED) is 0.798. The van der Waals surface area contributed by atoms with Crippen LogP contribution in [0.5, 0.6) is 0 Å². The molecule has 2 aliphatic rings. The van der Waals surface area contributed by atoms with Gasteiger partial charge in [0.15, 0.2) is 0 Å². The summed E-state index contributed by atoms with van der Waals surface area (Å²) >= 11 is 1.63. The summed E-state index contributed by atoms with van der Waals surface area (Å²) in [6, 6.07) is -0.366. The second-order valence-electron chi connectivity index (χ2n) is 4.66. The van der Waals surface area contributed by atoms with Crippen LogP contribution in [-0.4, -0.2) is 53.6 Å². The number of hydrogen-bond acceptors (Lipinski definition) is 4. The van der Waals surface area contributed by atoms with Gasteiger partial charge in [0.05, 0.1) is 12.2 Å². The highest BCUT2D eigenvalue weighted by Crippen LogP contribution is 2.32. The molecular formula is C10H17NO4S2. The fraction of sp³-hybridized carbons (Fsp3) is 0.900. The van der Waals surface area contributed by atoms with Crippen molar-refractivity contribution in [3.63, 3.8) is 0 Å². The summed E-state index contributed by atoms with van der Waals surface area (Å²) in [5.74, 6) is 0.938. The third-order valence-electron chi connectivity index (χ3n) is 3.08. The molecule has 0 aromatic rings. The lowest BCUT2D eigenvalue weighted by molar-refractivity contribution is -0.137. The number of hydrogen-bond donors (Lipinski definition) is 1. The zero-order chi connectivity index (χ0) is 12.5. The second kappa shape index (κ2) is 5.16. The van der Waals surface area contributed by atoms with Gasteiger partial charge in [0, 0.05) is 24.1 Å². The van der Waals surface area contributed by atoms with Crippen LogP contribution >= 0.6 is 11.8 Å². The maximum atomic E-state index is 12.2. The zero-order valence-corrected chi connectivity index (χ0v) is 11.2. The molecule has 17 heavy (non-hydrogen) atoms. The van der Waals surface area contributed by atoms with Gasteiger partial charge in [-0.1, -0.05) is 0 Å². The molecule has 7 heteroatoms. The van der Waals surface area contributed by atoms with E-state index in [2.05, 4.69) is 0 Å². The molecule has 1 saturated heterocycles. The Balaban J connectivity index is 2.06. The van der Waals surface area contributed by atoms with E-state index < -0.39 is 16.0 Å². The minimum atomic E-state index is -3.26.